The van der Waals surface area contributed by atoms with E-state index >= 15 is 0 Å². The number of nitrogens with zero attached hydrogens (tertiary/aromatic N) is 1. The molecular weight excluding hydrogens is 272 g/mol. The van der Waals surface area contributed by atoms with Crippen molar-refractivity contribution in [3.05, 3.63) is 38.3 Å². The summed E-state index contributed by atoms with van der Waals surface area (Å²) in [5.74, 6) is 0. The highest BCUT2D eigenvalue weighted by atomic mass is 79.9. The highest BCUT2D eigenvalue weighted by Gasteiger charge is 2.23. The Bertz CT molecular complexity index is 405. The molecule has 0 aromatic heterocycles. The maximum absolute atomic E-state index is 10.8. The molecule has 1 aromatic carbocycles. The van der Waals surface area contributed by atoms with Crippen LogP contribution in [0.2, 0.25) is 0 Å². The van der Waals surface area contributed by atoms with E-state index in [-0.39, 0.29) is 16.0 Å². The fraction of sp³-hybridized carbons (Fsp3) is 0.455. The molecule has 0 radical (unpaired) electrons. The smallest absolute Gasteiger partial charge is 0.283 e. The topological polar surface area (TPSA) is 69.2 Å². The number of rotatable bonds is 4. The minimum atomic E-state index is -0.383. The third-order valence-electron chi connectivity index (χ3n) is 2.69. The van der Waals surface area contributed by atoms with E-state index in [1.54, 1.807) is 12.1 Å². The molecule has 0 fully saturated rings. The van der Waals surface area contributed by atoms with E-state index in [1.807, 2.05) is 19.9 Å². The second-order valence-electron chi connectivity index (χ2n) is 4.35. The zero-order valence-electron chi connectivity index (χ0n) is 9.37. The zero-order valence-corrected chi connectivity index (χ0v) is 11.0. The molecule has 0 heterocycles. The molecule has 0 aliphatic heterocycles. The summed E-state index contributed by atoms with van der Waals surface area (Å²) in [5, 5.41) is 10.8. The first-order chi connectivity index (χ1) is 7.38. The predicted octanol–water partition coefficient (Wildman–Crippen LogP) is 2.98. The monoisotopic (exact) mass is 286 g/mol. The summed E-state index contributed by atoms with van der Waals surface area (Å²) in [6.07, 6.45) is 0.797. The summed E-state index contributed by atoms with van der Waals surface area (Å²) < 4.78 is 0.504. The van der Waals surface area contributed by atoms with Crippen molar-refractivity contribution in [1.82, 2.24) is 0 Å². The Hall–Kier alpha value is -0.940. The van der Waals surface area contributed by atoms with Crippen LogP contribution in [-0.2, 0) is 5.41 Å². The van der Waals surface area contributed by atoms with E-state index < -0.39 is 0 Å². The van der Waals surface area contributed by atoms with Gasteiger partial charge in [-0.05, 0) is 45.9 Å². The van der Waals surface area contributed by atoms with Crippen molar-refractivity contribution < 1.29 is 4.92 Å². The number of hydrogen-bond acceptors (Lipinski definition) is 3. The first-order valence-electron chi connectivity index (χ1n) is 5.03. The molecule has 1 rings (SSSR count). The van der Waals surface area contributed by atoms with Gasteiger partial charge in [-0.1, -0.05) is 19.9 Å². The van der Waals surface area contributed by atoms with Crippen LogP contribution in [0.4, 0.5) is 5.69 Å². The molecule has 0 spiro atoms. The first-order valence-corrected chi connectivity index (χ1v) is 5.82. The van der Waals surface area contributed by atoms with Gasteiger partial charge in [0.05, 0.1) is 9.40 Å². The van der Waals surface area contributed by atoms with Crippen LogP contribution in [0.3, 0.4) is 0 Å². The lowest BCUT2D eigenvalue weighted by atomic mass is 9.81. The van der Waals surface area contributed by atoms with Gasteiger partial charge in [0.25, 0.3) is 5.69 Å². The Morgan fingerprint density at radius 1 is 1.50 bits per heavy atom. The van der Waals surface area contributed by atoms with E-state index in [9.17, 15) is 10.1 Å². The highest BCUT2D eigenvalue weighted by molar-refractivity contribution is 9.10. The van der Waals surface area contributed by atoms with Gasteiger partial charge in [0, 0.05) is 6.07 Å². The van der Waals surface area contributed by atoms with E-state index in [0.29, 0.717) is 11.0 Å². The lowest BCUT2D eigenvalue weighted by Gasteiger charge is -2.24. The molecule has 88 valence electrons. The summed E-state index contributed by atoms with van der Waals surface area (Å²) in [4.78, 5) is 10.4. The summed E-state index contributed by atoms with van der Waals surface area (Å²) in [6.45, 7) is 4.64. The molecule has 0 atom stereocenters. The number of nitrogens with two attached hydrogens (primary N) is 1. The summed E-state index contributed by atoms with van der Waals surface area (Å²) in [6, 6.07) is 5.22. The molecule has 0 unspecified atom stereocenters. The maximum atomic E-state index is 10.8. The molecule has 0 bridgehead atoms. The van der Waals surface area contributed by atoms with E-state index in [4.69, 9.17) is 5.73 Å². The largest absolute Gasteiger partial charge is 0.330 e. The molecule has 0 saturated heterocycles. The van der Waals surface area contributed by atoms with Crippen molar-refractivity contribution in [1.29, 1.82) is 0 Å². The summed E-state index contributed by atoms with van der Waals surface area (Å²) >= 11 is 3.17. The number of nitro benzene ring substituents is 1. The van der Waals surface area contributed by atoms with Crippen molar-refractivity contribution >= 4 is 21.6 Å². The molecule has 0 aliphatic carbocycles. The van der Waals surface area contributed by atoms with Crippen molar-refractivity contribution in [2.45, 2.75) is 25.7 Å². The molecule has 4 nitrogen and oxygen atoms in total. The Morgan fingerprint density at radius 3 is 2.62 bits per heavy atom. The number of halogens is 1. The molecule has 5 heteroatoms. The lowest BCUT2D eigenvalue weighted by molar-refractivity contribution is -0.385. The average Bonchev–Trinajstić information content (AvgIpc) is 2.17. The van der Waals surface area contributed by atoms with Gasteiger partial charge in [0.15, 0.2) is 0 Å². The van der Waals surface area contributed by atoms with Gasteiger partial charge in [-0.3, -0.25) is 10.1 Å². The molecule has 0 amide bonds. The average molecular weight is 287 g/mol. The second kappa shape index (κ2) is 4.93. The molecule has 2 N–H and O–H groups in total. The Morgan fingerprint density at radius 2 is 2.12 bits per heavy atom. The van der Waals surface area contributed by atoms with Gasteiger partial charge in [-0.15, -0.1) is 0 Å². The summed E-state index contributed by atoms with van der Waals surface area (Å²) in [7, 11) is 0. The molecule has 1 aromatic rings. The Kier molecular flexibility index (Phi) is 4.04. The van der Waals surface area contributed by atoms with Crippen LogP contribution in [-0.4, -0.2) is 11.5 Å². The molecule has 0 saturated carbocycles. The van der Waals surface area contributed by atoms with Gasteiger partial charge in [-0.25, -0.2) is 0 Å². The van der Waals surface area contributed by atoms with E-state index in [0.717, 1.165) is 12.0 Å². The van der Waals surface area contributed by atoms with Crippen molar-refractivity contribution in [2.75, 3.05) is 6.54 Å². The Balaban J connectivity index is 3.17. The third kappa shape index (κ3) is 2.80. The Labute approximate surface area is 103 Å². The van der Waals surface area contributed by atoms with Gasteiger partial charge in [0.1, 0.15) is 0 Å². The van der Waals surface area contributed by atoms with Crippen LogP contribution >= 0.6 is 15.9 Å². The second-order valence-corrected chi connectivity index (χ2v) is 5.20. The summed E-state index contributed by atoms with van der Waals surface area (Å²) in [5.41, 5.74) is 6.44. The molecular formula is C11H15BrN2O2. The number of benzene rings is 1. The minimum Gasteiger partial charge on any atom is -0.330 e. The number of nitro groups is 1. The maximum Gasteiger partial charge on any atom is 0.283 e. The highest BCUT2D eigenvalue weighted by Crippen LogP contribution is 2.33. The van der Waals surface area contributed by atoms with E-state index in [2.05, 4.69) is 15.9 Å². The van der Waals surface area contributed by atoms with Crippen LogP contribution in [0.25, 0.3) is 0 Å². The van der Waals surface area contributed by atoms with Gasteiger partial charge < -0.3 is 5.73 Å². The van der Waals surface area contributed by atoms with Gasteiger partial charge in [0.2, 0.25) is 0 Å². The minimum absolute atomic E-state index is 0.0996. The van der Waals surface area contributed by atoms with Crippen LogP contribution in [0, 0.1) is 10.1 Å². The molecule has 0 aliphatic rings. The van der Waals surface area contributed by atoms with Crippen LogP contribution < -0.4 is 5.73 Å². The fourth-order valence-corrected chi connectivity index (χ4v) is 1.97. The lowest BCUT2D eigenvalue weighted by Crippen LogP contribution is -2.21. The molecule has 16 heavy (non-hydrogen) atoms. The van der Waals surface area contributed by atoms with Crippen molar-refractivity contribution in [3.63, 3.8) is 0 Å². The fourth-order valence-electron chi connectivity index (χ4n) is 1.58. The quantitative estimate of drug-likeness (QED) is 0.683. The number of hydrogen-bond donors (Lipinski definition) is 1. The third-order valence-corrected chi connectivity index (χ3v) is 3.36. The normalized spacial score (nSPS) is 11.5. The van der Waals surface area contributed by atoms with Crippen LogP contribution in [0.1, 0.15) is 25.8 Å². The van der Waals surface area contributed by atoms with Crippen molar-refractivity contribution in [3.8, 4) is 0 Å². The van der Waals surface area contributed by atoms with E-state index in [1.165, 1.54) is 0 Å². The predicted molar refractivity (Wildman–Crippen MR) is 67.5 cm³/mol. The first kappa shape index (κ1) is 13.1. The standard InChI is InChI=1S/C11H15BrN2O2/c1-11(2,5-6-13)8-3-4-9(12)10(7-8)14(15)16/h3-4,7H,5-6,13H2,1-2H3. The van der Waals surface area contributed by atoms with Gasteiger partial charge in [-0.2, -0.15) is 0 Å². The van der Waals surface area contributed by atoms with Crippen LogP contribution in [0.15, 0.2) is 22.7 Å². The van der Waals surface area contributed by atoms with Crippen LogP contribution in [0.5, 0.6) is 0 Å². The van der Waals surface area contributed by atoms with Crippen molar-refractivity contribution in [2.24, 2.45) is 5.73 Å². The SMILES string of the molecule is CC(C)(CCN)c1ccc(Br)c([N+](=O)[O-])c1. The zero-order chi connectivity index (χ0) is 12.3. The van der Waals surface area contributed by atoms with Gasteiger partial charge >= 0.3 is 0 Å².